The Morgan fingerprint density at radius 3 is 2.43 bits per heavy atom. The fourth-order valence-corrected chi connectivity index (χ4v) is 3.17. The molecule has 2 aromatic rings. The highest BCUT2D eigenvalue weighted by Gasteiger charge is 2.13. The molecular formula is C18H21Cl2N. The van der Waals surface area contributed by atoms with E-state index in [2.05, 4.69) is 50.4 Å². The van der Waals surface area contributed by atoms with Crippen LogP contribution in [0.1, 0.15) is 36.6 Å². The van der Waals surface area contributed by atoms with Gasteiger partial charge in [-0.25, -0.2) is 0 Å². The predicted molar refractivity (Wildman–Crippen MR) is 92.4 cm³/mol. The van der Waals surface area contributed by atoms with E-state index in [0.717, 1.165) is 12.0 Å². The molecule has 21 heavy (non-hydrogen) atoms. The van der Waals surface area contributed by atoms with Crippen LogP contribution in [0.15, 0.2) is 42.5 Å². The molecule has 2 unspecified atom stereocenters. The number of rotatable bonds is 5. The largest absolute Gasteiger partial charge is 0.307 e. The van der Waals surface area contributed by atoms with Crippen molar-refractivity contribution in [3.63, 3.8) is 0 Å². The van der Waals surface area contributed by atoms with Crippen LogP contribution in [0, 0.1) is 6.92 Å². The molecular weight excluding hydrogens is 301 g/mol. The molecule has 0 aliphatic heterocycles. The molecule has 0 fully saturated rings. The van der Waals surface area contributed by atoms with Crippen molar-refractivity contribution in [1.82, 2.24) is 5.32 Å². The summed E-state index contributed by atoms with van der Waals surface area (Å²) in [6.45, 7) is 6.48. The van der Waals surface area contributed by atoms with Crippen LogP contribution in [0.3, 0.4) is 0 Å². The molecule has 0 heterocycles. The maximum atomic E-state index is 6.27. The molecule has 112 valence electrons. The molecule has 2 rings (SSSR count). The Hall–Kier alpha value is -1.02. The van der Waals surface area contributed by atoms with Gasteiger partial charge in [0, 0.05) is 22.1 Å². The molecule has 0 aliphatic carbocycles. The van der Waals surface area contributed by atoms with Gasteiger partial charge in [0.1, 0.15) is 0 Å². The van der Waals surface area contributed by atoms with Gasteiger partial charge in [0.05, 0.1) is 0 Å². The standard InChI is InChI=1S/C18H21Cl2N/c1-12-6-4-5-7-15(12)10-13(2)21-14(3)17-9-8-16(19)11-18(17)20/h4-9,11,13-14,21H,10H2,1-3H3. The summed E-state index contributed by atoms with van der Waals surface area (Å²) in [5, 5.41) is 4.99. The first-order valence-electron chi connectivity index (χ1n) is 7.23. The third kappa shape index (κ3) is 4.47. The van der Waals surface area contributed by atoms with Gasteiger partial charge in [-0.05, 0) is 56.0 Å². The second-order valence-electron chi connectivity index (χ2n) is 5.59. The second kappa shape index (κ2) is 7.31. The SMILES string of the molecule is Cc1ccccc1CC(C)NC(C)c1ccc(Cl)cc1Cl. The van der Waals surface area contributed by atoms with Gasteiger partial charge in [0.25, 0.3) is 0 Å². The summed E-state index contributed by atoms with van der Waals surface area (Å²) in [5.74, 6) is 0. The Bertz CT molecular complexity index is 610. The van der Waals surface area contributed by atoms with Crippen molar-refractivity contribution in [3.8, 4) is 0 Å². The Labute approximate surface area is 137 Å². The van der Waals surface area contributed by atoms with Crippen LogP contribution in [0.2, 0.25) is 10.0 Å². The number of hydrogen-bond donors (Lipinski definition) is 1. The molecule has 0 saturated heterocycles. The van der Waals surface area contributed by atoms with Gasteiger partial charge in [0.2, 0.25) is 0 Å². The van der Waals surface area contributed by atoms with Crippen molar-refractivity contribution < 1.29 is 0 Å². The number of nitrogens with one attached hydrogen (secondary N) is 1. The van der Waals surface area contributed by atoms with E-state index in [4.69, 9.17) is 23.2 Å². The number of hydrogen-bond acceptors (Lipinski definition) is 1. The van der Waals surface area contributed by atoms with Gasteiger partial charge >= 0.3 is 0 Å². The summed E-state index contributed by atoms with van der Waals surface area (Å²) in [5.41, 5.74) is 3.80. The molecule has 0 aliphatic rings. The highest BCUT2D eigenvalue weighted by atomic mass is 35.5. The smallest absolute Gasteiger partial charge is 0.0468 e. The number of benzene rings is 2. The topological polar surface area (TPSA) is 12.0 Å². The van der Waals surface area contributed by atoms with E-state index in [-0.39, 0.29) is 6.04 Å². The third-order valence-electron chi connectivity index (χ3n) is 3.75. The average Bonchev–Trinajstić information content (AvgIpc) is 2.41. The van der Waals surface area contributed by atoms with Crippen molar-refractivity contribution in [2.75, 3.05) is 0 Å². The Balaban J connectivity index is 2.02. The van der Waals surface area contributed by atoms with Gasteiger partial charge in [-0.1, -0.05) is 53.5 Å². The minimum absolute atomic E-state index is 0.189. The fourth-order valence-electron chi connectivity index (χ4n) is 2.60. The first kappa shape index (κ1) is 16.4. The van der Waals surface area contributed by atoms with Crippen molar-refractivity contribution in [2.45, 2.75) is 39.3 Å². The van der Waals surface area contributed by atoms with E-state index in [1.807, 2.05) is 12.1 Å². The molecule has 1 N–H and O–H groups in total. The van der Waals surface area contributed by atoms with Crippen LogP contribution >= 0.6 is 23.2 Å². The molecule has 2 aromatic carbocycles. The van der Waals surface area contributed by atoms with Crippen molar-refractivity contribution >= 4 is 23.2 Å². The van der Waals surface area contributed by atoms with E-state index in [0.29, 0.717) is 16.1 Å². The zero-order chi connectivity index (χ0) is 15.4. The van der Waals surface area contributed by atoms with Crippen LogP contribution in [-0.2, 0) is 6.42 Å². The van der Waals surface area contributed by atoms with E-state index < -0.39 is 0 Å². The summed E-state index contributed by atoms with van der Waals surface area (Å²) in [7, 11) is 0. The lowest BCUT2D eigenvalue weighted by Gasteiger charge is -2.22. The molecule has 1 nitrogen and oxygen atoms in total. The summed E-state index contributed by atoms with van der Waals surface area (Å²) >= 11 is 12.2. The summed E-state index contributed by atoms with van der Waals surface area (Å²) in [6, 6.07) is 14.7. The van der Waals surface area contributed by atoms with Gasteiger partial charge in [-0.2, -0.15) is 0 Å². The summed E-state index contributed by atoms with van der Waals surface area (Å²) in [6.07, 6.45) is 1.00. The van der Waals surface area contributed by atoms with Gasteiger partial charge in [-0.15, -0.1) is 0 Å². The monoisotopic (exact) mass is 321 g/mol. The van der Waals surface area contributed by atoms with Crippen molar-refractivity contribution in [1.29, 1.82) is 0 Å². The lowest BCUT2D eigenvalue weighted by Crippen LogP contribution is -2.31. The van der Waals surface area contributed by atoms with E-state index in [1.54, 1.807) is 6.07 Å². The normalized spacial score (nSPS) is 14.0. The lowest BCUT2D eigenvalue weighted by atomic mass is 10.0. The van der Waals surface area contributed by atoms with Crippen LogP contribution in [0.5, 0.6) is 0 Å². The van der Waals surface area contributed by atoms with E-state index in [9.17, 15) is 0 Å². The van der Waals surface area contributed by atoms with E-state index >= 15 is 0 Å². The first-order valence-corrected chi connectivity index (χ1v) is 7.98. The lowest BCUT2D eigenvalue weighted by molar-refractivity contribution is 0.477. The number of aryl methyl sites for hydroxylation is 1. The molecule has 0 radical (unpaired) electrons. The average molecular weight is 322 g/mol. The van der Waals surface area contributed by atoms with Crippen LogP contribution in [0.4, 0.5) is 0 Å². The van der Waals surface area contributed by atoms with Crippen molar-refractivity contribution in [2.24, 2.45) is 0 Å². The first-order chi connectivity index (χ1) is 9.97. The summed E-state index contributed by atoms with van der Waals surface area (Å²) in [4.78, 5) is 0. The summed E-state index contributed by atoms with van der Waals surface area (Å²) < 4.78 is 0. The Morgan fingerprint density at radius 1 is 1.05 bits per heavy atom. The zero-order valence-electron chi connectivity index (χ0n) is 12.7. The Kier molecular flexibility index (Phi) is 5.69. The zero-order valence-corrected chi connectivity index (χ0v) is 14.2. The minimum atomic E-state index is 0.189. The maximum Gasteiger partial charge on any atom is 0.0468 e. The molecule has 0 bridgehead atoms. The van der Waals surface area contributed by atoms with Gasteiger partial charge in [0.15, 0.2) is 0 Å². The molecule has 0 saturated carbocycles. The van der Waals surface area contributed by atoms with Crippen LogP contribution in [-0.4, -0.2) is 6.04 Å². The van der Waals surface area contributed by atoms with Crippen LogP contribution < -0.4 is 5.32 Å². The quantitative estimate of drug-likeness (QED) is 0.757. The fraction of sp³-hybridized carbons (Fsp3) is 0.333. The Morgan fingerprint density at radius 2 is 1.76 bits per heavy atom. The predicted octanol–water partition coefficient (Wildman–Crippen LogP) is 5.58. The molecule has 0 amide bonds. The maximum absolute atomic E-state index is 6.27. The second-order valence-corrected chi connectivity index (χ2v) is 6.43. The molecule has 3 heteroatoms. The van der Waals surface area contributed by atoms with Gasteiger partial charge in [-0.3, -0.25) is 0 Å². The van der Waals surface area contributed by atoms with Crippen LogP contribution in [0.25, 0.3) is 0 Å². The highest BCUT2D eigenvalue weighted by molar-refractivity contribution is 6.35. The van der Waals surface area contributed by atoms with Crippen molar-refractivity contribution in [3.05, 3.63) is 69.2 Å². The van der Waals surface area contributed by atoms with E-state index in [1.165, 1.54) is 11.1 Å². The van der Waals surface area contributed by atoms with Gasteiger partial charge < -0.3 is 5.32 Å². The molecule has 0 spiro atoms. The molecule has 2 atom stereocenters. The number of halogens is 2. The highest BCUT2D eigenvalue weighted by Crippen LogP contribution is 2.26. The minimum Gasteiger partial charge on any atom is -0.307 e. The third-order valence-corrected chi connectivity index (χ3v) is 4.31. The molecule has 0 aromatic heterocycles.